The fraction of sp³-hybridized carbons (Fsp3) is 0.300. The van der Waals surface area contributed by atoms with Gasteiger partial charge in [-0.1, -0.05) is 60.7 Å². The van der Waals surface area contributed by atoms with Gasteiger partial charge >= 0.3 is 5.97 Å². The summed E-state index contributed by atoms with van der Waals surface area (Å²) in [6.07, 6.45) is 1.59. The molecule has 0 spiro atoms. The number of carboxylic acids is 1. The Morgan fingerprint density at radius 3 is 1.88 bits per heavy atom. The summed E-state index contributed by atoms with van der Waals surface area (Å²) in [4.78, 5) is 23.6. The van der Waals surface area contributed by atoms with Crippen LogP contribution >= 0.6 is 0 Å². The fourth-order valence-corrected chi connectivity index (χ4v) is 2.94. The third-order valence-corrected chi connectivity index (χ3v) is 4.72. The Morgan fingerprint density at radius 1 is 0.958 bits per heavy atom. The summed E-state index contributed by atoms with van der Waals surface area (Å²) in [6, 6.07) is 19.8. The molecule has 2 N–H and O–H groups in total. The average molecular weight is 323 g/mol. The molecule has 1 fully saturated rings. The average Bonchev–Trinajstić information content (AvgIpc) is 3.41. The molecule has 1 saturated carbocycles. The van der Waals surface area contributed by atoms with E-state index >= 15 is 0 Å². The van der Waals surface area contributed by atoms with Crippen LogP contribution in [0.1, 0.15) is 36.3 Å². The van der Waals surface area contributed by atoms with Crippen LogP contribution in [0.25, 0.3) is 0 Å². The van der Waals surface area contributed by atoms with Crippen molar-refractivity contribution in [2.75, 3.05) is 6.54 Å². The number of carbonyl (C=O) groups excluding carboxylic acids is 1. The summed E-state index contributed by atoms with van der Waals surface area (Å²) in [6.45, 7) is 0.220. The van der Waals surface area contributed by atoms with Gasteiger partial charge in [-0.2, -0.15) is 0 Å². The molecule has 2 aromatic rings. The number of nitrogens with one attached hydrogen (secondary N) is 1. The largest absolute Gasteiger partial charge is 0.481 e. The van der Waals surface area contributed by atoms with E-state index in [4.69, 9.17) is 0 Å². The minimum atomic E-state index is -0.814. The summed E-state index contributed by atoms with van der Waals surface area (Å²) < 4.78 is 0. The van der Waals surface area contributed by atoms with Gasteiger partial charge in [0.05, 0.1) is 5.41 Å². The number of hydrogen-bond donors (Lipinski definition) is 2. The van der Waals surface area contributed by atoms with E-state index in [1.165, 1.54) is 0 Å². The van der Waals surface area contributed by atoms with Crippen LogP contribution in [-0.2, 0) is 9.59 Å². The maximum Gasteiger partial charge on any atom is 0.311 e. The van der Waals surface area contributed by atoms with E-state index < -0.39 is 11.4 Å². The molecule has 0 bridgehead atoms. The highest BCUT2D eigenvalue weighted by Gasteiger charge is 2.50. The lowest BCUT2D eigenvalue weighted by Crippen LogP contribution is -2.34. The molecular weight excluding hydrogens is 302 g/mol. The monoisotopic (exact) mass is 323 g/mol. The lowest BCUT2D eigenvalue weighted by Gasteiger charge is -2.19. The van der Waals surface area contributed by atoms with Crippen molar-refractivity contribution < 1.29 is 14.7 Å². The molecule has 24 heavy (non-hydrogen) atoms. The quantitative estimate of drug-likeness (QED) is 0.822. The maximum atomic E-state index is 12.4. The van der Waals surface area contributed by atoms with Gasteiger partial charge in [0.1, 0.15) is 0 Å². The first-order valence-electron chi connectivity index (χ1n) is 8.21. The molecule has 0 aromatic heterocycles. The first-order valence-corrected chi connectivity index (χ1v) is 8.21. The Bertz CT molecular complexity index is 669. The predicted molar refractivity (Wildman–Crippen MR) is 91.7 cm³/mol. The van der Waals surface area contributed by atoms with E-state index in [1.807, 2.05) is 60.7 Å². The van der Waals surface area contributed by atoms with Crippen molar-refractivity contribution in [1.29, 1.82) is 0 Å². The number of carbonyl (C=O) groups is 2. The molecule has 4 heteroatoms. The zero-order valence-corrected chi connectivity index (χ0v) is 13.4. The SMILES string of the molecule is O=C(CC(c1ccccc1)c1ccccc1)NCC1(C(=O)O)CC1. The maximum absolute atomic E-state index is 12.4. The van der Waals surface area contributed by atoms with E-state index in [0.717, 1.165) is 11.1 Å². The normalized spacial score (nSPS) is 15.0. The second-order valence-corrected chi connectivity index (χ2v) is 6.44. The third kappa shape index (κ3) is 3.65. The smallest absolute Gasteiger partial charge is 0.311 e. The van der Waals surface area contributed by atoms with Crippen LogP contribution in [-0.4, -0.2) is 23.5 Å². The van der Waals surface area contributed by atoms with Crippen molar-refractivity contribution in [3.63, 3.8) is 0 Å². The minimum absolute atomic E-state index is 0.0348. The molecule has 0 unspecified atom stereocenters. The van der Waals surface area contributed by atoms with Crippen LogP contribution in [0.15, 0.2) is 60.7 Å². The number of benzene rings is 2. The van der Waals surface area contributed by atoms with Gasteiger partial charge in [0, 0.05) is 18.9 Å². The highest BCUT2D eigenvalue weighted by atomic mass is 16.4. The molecule has 0 heterocycles. The molecule has 4 nitrogen and oxygen atoms in total. The Balaban J connectivity index is 1.70. The van der Waals surface area contributed by atoms with Crippen LogP contribution in [0.3, 0.4) is 0 Å². The van der Waals surface area contributed by atoms with Crippen LogP contribution < -0.4 is 5.32 Å². The van der Waals surface area contributed by atoms with Crippen molar-refractivity contribution in [2.24, 2.45) is 5.41 Å². The molecule has 1 aliphatic rings. The minimum Gasteiger partial charge on any atom is -0.481 e. The van der Waals surface area contributed by atoms with Crippen molar-refractivity contribution >= 4 is 11.9 Å². The van der Waals surface area contributed by atoms with E-state index in [9.17, 15) is 14.7 Å². The van der Waals surface area contributed by atoms with Crippen LogP contribution in [0, 0.1) is 5.41 Å². The van der Waals surface area contributed by atoms with E-state index in [1.54, 1.807) is 0 Å². The Morgan fingerprint density at radius 2 is 1.46 bits per heavy atom. The summed E-state index contributed by atoms with van der Waals surface area (Å²) in [5.74, 6) is -0.960. The molecular formula is C20H21NO3. The van der Waals surface area contributed by atoms with Crippen molar-refractivity contribution in [1.82, 2.24) is 5.32 Å². The summed E-state index contributed by atoms with van der Waals surface area (Å²) >= 11 is 0. The van der Waals surface area contributed by atoms with Crippen molar-refractivity contribution in [3.05, 3.63) is 71.8 Å². The highest BCUT2D eigenvalue weighted by Crippen LogP contribution is 2.45. The lowest BCUT2D eigenvalue weighted by atomic mass is 9.88. The number of amides is 1. The van der Waals surface area contributed by atoms with Gasteiger partial charge in [0.25, 0.3) is 0 Å². The lowest BCUT2D eigenvalue weighted by molar-refractivity contribution is -0.143. The summed E-state index contributed by atoms with van der Waals surface area (Å²) in [5.41, 5.74) is 1.43. The summed E-state index contributed by atoms with van der Waals surface area (Å²) in [7, 11) is 0. The van der Waals surface area contributed by atoms with E-state index in [2.05, 4.69) is 5.32 Å². The first kappa shape index (κ1) is 16.2. The van der Waals surface area contributed by atoms with Gasteiger partial charge in [-0.15, -0.1) is 0 Å². The van der Waals surface area contributed by atoms with Gasteiger partial charge in [-0.05, 0) is 24.0 Å². The van der Waals surface area contributed by atoms with Crippen LogP contribution in [0.2, 0.25) is 0 Å². The standard InChI is InChI=1S/C20H21NO3/c22-18(21-14-20(11-12-20)19(23)24)13-17(15-7-3-1-4-8-15)16-9-5-2-6-10-16/h1-10,17H,11-14H2,(H,21,22)(H,23,24). The zero-order chi connectivity index (χ0) is 17.0. The number of carboxylic acid groups (broad SMARTS) is 1. The fourth-order valence-electron chi connectivity index (χ4n) is 2.94. The van der Waals surface area contributed by atoms with Gasteiger partial charge in [-0.25, -0.2) is 0 Å². The predicted octanol–water partition coefficient (Wildman–Crippen LogP) is 3.19. The third-order valence-electron chi connectivity index (χ3n) is 4.72. The van der Waals surface area contributed by atoms with Crippen molar-refractivity contribution in [2.45, 2.75) is 25.2 Å². The van der Waals surface area contributed by atoms with Gasteiger partial charge < -0.3 is 10.4 Å². The van der Waals surface area contributed by atoms with Gasteiger partial charge in [-0.3, -0.25) is 9.59 Å². The second kappa shape index (κ2) is 6.87. The highest BCUT2D eigenvalue weighted by molar-refractivity contribution is 5.81. The Kier molecular flexibility index (Phi) is 4.65. The van der Waals surface area contributed by atoms with Gasteiger partial charge in [0.2, 0.25) is 5.91 Å². The molecule has 124 valence electrons. The molecule has 0 saturated heterocycles. The Labute approximate surface area is 141 Å². The zero-order valence-electron chi connectivity index (χ0n) is 13.4. The van der Waals surface area contributed by atoms with E-state index in [0.29, 0.717) is 19.3 Å². The second-order valence-electron chi connectivity index (χ2n) is 6.44. The van der Waals surface area contributed by atoms with Gasteiger partial charge in [0.15, 0.2) is 0 Å². The molecule has 0 radical (unpaired) electrons. The van der Waals surface area contributed by atoms with E-state index in [-0.39, 0.29) is 18.4 Å². The molecule has 2 aromatic carbocycles. The number of aliphatic carboxylic acids is 1. The topological polar surface area (TPSA) is 66.4 Å². The Hall–Kier alpha value is -2.62. The van der Waals surface area contributed by atoms with Crippen LogP contribution in [0.5, 0.6) is 0 Å². The number of hydrogen-bond acceptors (Lipinski definition) is 2. The van der Waals surface area contributed by atoms with Crippen molar-refractivity contribution in [3.8, 4) is 0 Å². The molecule has 1 aliphatic carbocycles. The number of rotatable bonds is 7. The molecule has 0 atom stereocenters. The van der Waals surface area contributed by atoms with Crippen LogP contribution in [0.4, 0.5) is 0 Å². The molecule has 3 rings (SSSR count). The molecule has 1 amide bonds. The first-order chi connectivity index (χ1) is 11.6. The molecule has 0 aliphatic heterocycles. The summed E-state index contributed by atoms with van der Waals surface area (Å²) in [5, 5.41) is 12.0.